The molecule has 0 saturated heterocycles. The second-order valence-corrected chi connectivity index (χ2v) is 3.12. The molecule has 8 heteroatoms. The summed E-state index contributed by atoms with van der Waals surface area (Å²) >= 11 is 0. The van der Waals surface area contributed by atoms with E-state index in [0.29, 0.717) is 5.69 Å². The van der Waals surface area contributed by atoms with Crippen molar-refractivity contribution in [3.05, 3.63) is 24.0 Å². The van der Waals surface area contributed by atoms with Gasteiger partial charge in [0, 0.05) is 0 Å². The lowest BCUT2D eigenvalue weighted by molar-refractivity contribution is -0.319. The average Bonchev–Trinajstić information content (AvgIpc) is 2.16. The first-order chi connectivity index (χ1) is 7.26. The van der Waals surface area contributed by atoms with Gasteiger partial charge in [0.25, 0.3) is 0 Å². The Morgan fingerprint density at radius 2 is 2.00 bits per heavy atom. The molecular weight excluding hydrogens is 215 g/mol. The van der Waals surface area contributed by atoms with Crippen LogP contribution in [0.4, 0.5) is 4.39 Å². The molecule has 1 rings (SSSR count). The molecule has 5 nitrogen and oxygen atoms in total. The van der Waals surface area contributed by atoms with Crippen LogP contribution in [0.15, 0.2) is 18.3 Å². The van der Waals surface area contributed by atoms with E-state index in [1.807, 2.05) is 0 Å². The van der Waals surface area contributed by atoms with Crippen LogP contribution in [0.5, 0.6) is 5.75 Å². The van der Waals surface area contributed by atoms with E-state index in [2.05, 4.69) is 25.4 Å². The van der Waals surface area contributed by atoms with Gasteiger partial charge >= 0.3 is 5.97 Å². The second kappa shape index (κ2) is 4.40. The topological polar surface area (TPSA) is 82.8 Å². The normalized spacial score (nSPS) is 12.5. The first-order valence-electron chi connectivity index (χ1n) is 4.22. The van der Waals surface area contributed by atoms with Gasteiger partial charge in [-0.3, -0.25) is 9.37 Å². The highest BCUT2D eigenvalue weighted by atomic mass is 19.1. The van der Waals surface area contributed by atoms with Crippen LogP contribution in [0.2, 0.25) is 0 Å². The Balaban J connectivity index is 2.80. The molecule has 0 fully saturated rings. The summed E-state index contributed by atoms with van der Waals surface area (Å²) in [6, 6.07) is 2.59. The van der Waals surface area contributed by atoms with Gasteiger partial charge in [-0.2, -0.15) is 0 Å². The Labute approximate surface area is 93.7 Å². The van der Waals surface area contributed by atoms with Gasteiger partial charge in [-0.25, -0.2) is 0 Å². The van der Waals surface area contributed by atoms with Gasteiger partial charge in [-0.1, -0.05) is 0 Å². The minimum Gasteiger partial charge on any atom is -0.436 e. The van der Waals surface area contributed by atoms with Crippen LogP contribution in [0.1, 0.15) is 5.69 Å². The fourth-order valence-corrected chi connectivity index (χ4v) is 0.807. The van der Waals surface area contributed by atoms with Crippen LogP contribution in [-0.4, -0.2) is 47.4 Å². The summed E-state index contributed by atoms with van der Waals surface area (Å²) in [4.78, 5) is 3.66. The zero-order chi connectivity index (χ0) is 12.4. The van der Waals surface area contributed by atoms with E-state index in [1.54, 1.807) is 0 Å². The van der Waals surface area contributed by atoms with Gasteiger partial charge in [0.15, 0.2) is 0 Å². The van der Waals surface area contributed by atoms with Crippen molar-refractivity contribution in [2.24, 2.45) is 0 Å². The molecule has 1 heterocycles. The van der Waals surface area contributed by atoms with Gasteiger partial charge in [-0.15, -0.1) is 0 Å². The van der Waals surface area contributed by atoms with E-state index < -0.39 is 11.4 Å². The standard InChI is InChI=1S/C8H8B2FNO4/c9-7(10,11)8(14,15)16-6-2-1-5(4-13)12-3-6/h1-3,13-15H,4H2. The highest BCUT2D eigenvalue weighted by molar-refractivity contribution is 6.39. The van der Waals surface area contributed by atoms with Crippen molar-refractivity contribution in [3.63, 3.8) is 0 Å². The van der Waals surface area contributed by atoms with E-state index in [-0.39, 0.29) is 12.4 Å². The van der Waals surface area contributed by atoms with Crippen LogP contribution >= 0.6 is 0 Å². The largest absolute Gasteiger partial charge is 0.436 e. The first-order valence-corrected chi connectivity index (χ1v) is 4.22. The van der Waals surface area contributed by atoms with E-state index >= 15 is 0 Å². The molecule has 82 valence electrons. The number of hydrogen-bond acceptors (Lipinski definition) is 5. The lowest BCUT2D eigenvalue weighted by Gasteiger charge is -2.32. The highest BCUT2D eigenvalue weighted by Gasteiger charge is 2.44. The van der Waals surface area contributed by atoms with Crippen molar-refractivity contribution >= 4 is 15.7 Å². The van der Waals surface area contributed by atoms with Crippen molar-refractivity contribution in [3.8, 4) is 5.75 Å². The number of nitrogens with zero attached hydrogens (tertiary/aromatic N) is 1. The number of hydrogen-bond donors (Lipinski definition) is 3. The Morgan fingerprint density at radius 1 is 1.38 bits per heavy atom. The number of aliphatic hydroxyl groups excluding tert-OH is 1. The molecular formula is C8H8B2FNO4. The zero-order valence-electron chi connectivity index (χ0n) is 8.17. The molecule has 0 saturated carbocycles. The third-order valence-electron chi connectivity index (χ3n) is 1.72. The maximum absolute atomic E-state index is 12.9. The number of aromatic nitrogens is 1. The Kier molecular flexibility index (Phi) is 3.57. The molecule has 0 unspecified atom stereocenters. The summed E-state index contributed by atoms with van der Waals surface area (Å²) < 4.78 is 17.3. The first kappa shape index (κ1) is 13.0. The molecule has 1 aromatic rings. The fraction of sp³-hybridized carbons (Fsp3) is 0.375. The lowest BCUT2D eigenvalue weighted by Crippen LogP contribution is -2.56. The van der Waals surface area contributed by atoms with Gasteiger partial charge < -0.3 is 20.1 Å². The van der Waals surface area contributed by atoms with Gasteiger partial charge in [0.1, 0.15) is 26.9 Å². The molecule has 0 atom stereocenters. The molecule has 0 aliphatic rings. The second-order valence-electron chi connectivity index (χ2n) is 3.12. The summed E-state index contributed by atoms with van der Waals surface area (Å²) in [5, 5.41) is 26.8. The molecule has 16 heavy (non-hydrogen) atoms. The monoisotopic (exact) mass is 223 g/mol. The molecule has 0 spiro atoms. The molecule has 0 bridgehead atoms. The van der Waals surface area contributed by atoms with Crippen LogP contribution in [0.3, 0.4) is 0 Å². The number of alkyl halides is 1. The molecule has 0 aromatic carbocycles. The van der Waals surface area contributed by atoms with Crippen LogP contribution < -0.4 is 4.74 Å². The summed E-state index contributed by atoms with van der Waals surface area (Å²) in [6.07, 6.45) is 1.05. The molecule has 0 amide bonds. The number of ether oxygens (including phenoxy) is 1. The third-order valence-corrected chi connectivity index (χ3v) is 1.72. The minimum absolute atomic E-state index is 0.167. The number of rotatable bonds is 4. The van der Waals surface area contributed by atoms with Gasteiger partial charge in [-0.05, 0) is 12.1 Å². The van der Waals surface area contributed by atoms with Crippen molar-refractivity contribution < 1.29 is 24.4 Å². The fourth-order valence-electron chi connectivity index (χ4n) is 0.807. The number of pyridine rings is 1. The summed E-state index contributed by atoms with van der Waals surface area (Å²) in [5.41, 5.74) is -3.01. The molecule has 3 N–H and O–H groups in total. The smallest absolute Gasteiger partial charge is 0.339 e. The van der Waals surface area contributed by atoms with Crippen molar-refractivity contribution in [1.29, 1.82) is 0 Å². The predicted molar refractivity (Wildman–Crippen MR) is 53.3 cm³/mol. The highest BCUT2D eigenvalue weighted by Crippen LogP contribution is 2.22. The van der Waals surface area contributed by atoms with Crippen LogP contribution in [0.25, 0.3) is 0 Å². The summed E-state index contributed by atoms with van der Waals surface area (Å²) in [7, 11) is 9.29. The maximum Gasteiger partial charge on any atom is 0.339 e. The number of halogens is 1. The zero-order valence-corrected chi connectivity index (χ0v) is 8.17. The van der Waals surface area contributed by atoms with E-state index in [4.69, 9.17) is 15.3 Å². The van der Waals surface area contributed by atoms with E-state index in [0.717, 1.165) is 6.20 Å². The van der Waals surface area contributed by atoms with Crippen molar-refractivity contribution in [1.82, 2.24) is 4.98 Å². The SMILES string of the molecule is [B]C([B])(F)C(O)(O)Oc1ccc(CO)nc1. The van der Waals surface area contributed by atoms with Crippen molar-refractivity contribution in [2.75, 3.05) is 0 Å². The molecule has 1 aromatic heterocycles. The van der Waals surface area contributed by atoms with E-state index in [9.17, 15) is 4.39 Å². The summed E-state index contributed by atoms with van der Waals surface area (Å²) in [5.74, 6) is -3.55. The van der Waals surface area contributed by atoms with Crippen molar-refractivity contribution in [2.45, 2.75) is 18.0 Å². The Morgan fingerprint density at radius 3 is 2.38 bits per heavy atom. The minimum atomic E-state index is -3.38. The third kappa shape index (κ3) is 2.94. The Hall–Kier alpha value is -1.11. The molecule has 4 radical (unpaired) electrons. The predicted octanol–water partition coefficient (Wildman–Crippen LogP) is -1.45. The average molecular weight is 223 g/mol. The van der Waals surface area contributed by atoms with Crippen LogP contribution in [-0.2, 0) is 6.61 Å². The molecule has 0 aliphatic carbocycles. The Bertz CT molecular complexity index is 352. The lowest BCUT2D eigenvalue weighted by atomic mass is 9.65. The quantitative estimate of drug-likeness (QED) is 0.429. The molecule has 0 aliphatic heterocycles. The van der Waals surface area contributed by atoms with Gasteiger partial charge in [0.2, 0.25) is 0 Å². The van der Waals surface area contributed by atoms with Gasteiger partial charge in [0.05, 0.1) is 18.5 Å². The number of aliphatic hydroxyl groups is 3. The van der Waals surface area contributed by atoms with Crippen LogP contribution in [0, 0.1) is 0 Å². The summed E-state index contributed by atoms with van der Waals surface area (Å²) in [6.45, 7) is -0.287. The van der Waals surface area contributed by atoms with E-state index in [1.165, 1.54) is 12.1 Å². The maximum atomic E-state index is 12.9.